The summed E-state index contributed by atoms with van der Waals surface area (Å²) in [5.41, 5.74) is 8.70. The van der Waals surface area contributed by atoms with Crippen molar-refractivity contribution in [1.29, 1.82) is 0 Å². The predicted molar refractivity (Wildman–Crippen MR) is 195 cm³/mol. The Morgan fingerprint density at radius 1 is 0.750 bits per heavy atom. The van der Waals surface area contributed by atoms with Crippen LogP contribution in [-0.2, 0) is 41.5 Å². The van der Waals surface area contributed by atoms with E-state index < -0.39 is 0 Å². The molecule has 0 aliphatic heterocycles. The van der Waals surface area contributed by atoms with Gasteiger partial charge in [-0.3, -0.25) is 6.08 Å². The fourth-order valence-electron chi connectivity index (χ4n) is 4.11. The number of hydrogen-bond donors (Lipinski definition) is 0. The molecule has 234 valence electrons. The number of fused-ring (bicyclic) bond motifs is 3. The molecule has 0 amide bonds. The average Bonchev–Trinajstić information content (AvgIpc) is 3.66. The van der Waals surface area contributed by atoms with Gasteiger partial charge in [0.05, 0.1) is 0 Å². The van der Waals surface area contributed by atoms with Crippen molar-refractivity contribution in [2.75, 3.05) is 0 Å². The maximum absolute atomic E-state index is 5.51. The summed E-state index contributed by atoms with van der Waals surface area (Å²) in [6, 6.07) is 35.2. The van der Waals surface area contributed by atoms with Gasteiger partial charge in [0.1, 0.15) is 0 Å². The molecule has 5 heteroatoms. The van der Waals surface area contributed by atoms with Crippen molar-refractivity contribution in [2.24, 2.45) is 0 Å². The van der Waals surface area contributed by atoms with Crippen LogP contribution in [0.4, 0.5) is 0 Å². The molecule has 2 aliphatic rings. The van der Waals surface area contributed by atoms with E-state index in [0.29, 0.717) is 0 Å². The summed E-state index contributed by atoms with van der Waals surface area (Å²) in [5.74, 6) is 0. The van der Waals surface area contributed by atoms with Gasteiger partial charge in [-0.05, 0) is 28.4 Å². The normalized spacial score (nSPS) is 11.5. The van der Waals surface area contributed by atoms with Gasteiger partial charge in [-0.1, -0.05) is 75.4 Å². The molecule has 0 aromatic heterocycles. The van der Waals surface area contributed by atoms with Crippen LogP contribution >= 0.6 is 48.0 Å². The van der Waals surface area contributed by atoms with E-state index in [1.54, 1.807) is 12.1 Å². The van der Waals surface area contributed by atoms with Crippen LogP contribution < -0.4 is 0 Å². The van der Waals surface area contributed by atoms with Gasteiger partial charge in [0.25, 0.3) is 0 Å². The van der Waals surface area contributed by atoms with Crippen molar-refractivity contribution in [3.63, 3.8) is 0 Å². The van der Waals surface area contributed by atoms with Gasteiger partial charge in [0.15, 0.2) is 0 Å². The first-order chi connectivity index (χ1) is 19.9. The molecular weight excluding hydrogens is 701 g/mol. The number of allylic oxidation sites excluding steroid dienone is 4. The second kappa shape index (κ2) is 21.1. The first kappa shape index (κ1) is 42.3. The summed E-state index contributed by atoms with van der Waals surface area (Å²) in [5, 5.41) is 1.48. The molecule has 0 saturated heterocycles. The average molecular weight is 744 g/mol. The van der Waals surface area contributed by atoms with E-state index in [0.717, 1.165) is 22.9 Å². The van der Waals surface area contributed by atoms with Crippen molar-refractivity contribution < 1.29 is 24.2 Å². The van der Waals surface area contributed by atoms with Gasteiger partial charge in [0.2, 0.25) is 0 Å². The van der Waals surface area contributed by atoms with Crippen molar-refractivity contribution in [3.05, 3.63) is 154 Å². The first-order valence-electron chi connectivity index (χ1n) is 13.9. The minimum atomic E-state index is 0. The molecule has 0 bridgehead atoms. The molecule has 6 rings (SSSR count). The molecule has 4 aromatic rings. The molecule has 0 unspecified atom stereocenters. The van der Waals surface area contributed by atoms with Crippen LogP contribution in [0, 0.1) is 24.3 Å². The van der Waals surface area contributed by atoms with E-state index in [4.69, 9.17) is 23.2 Å². The summed E-state index contributed by atoms with van der Waals surface area (Å²) in [7, 11) is 0. The summed E-state index contributed by atoms with van der Waals surface area (Å²) in [4.78, 5) is 0. The van der Waals surface area contributed by atoms with Crippen molar-refractivity contribution in [2.45, 2.75) is 65.2 Å². The Labute approximate surface area is 304 Å². The van der Waals surface area contributed by atoms with Crippen LogP contribution in [0.3, 0.4) is 0 Å². The van der Waals surface area contributed by atoms with Gasteiger partial charge in [-0.2, -0.15) is 114 Å². The Hall–Kier alpha value is -1.73. The van der Waals surface area contributed by atoms with Crippen LogP contribution in [0.15, 0.2) is 97.1 Å². The number of benzene rings is 4. The van der Waals surface area contributed by atoms with Gasteiger partial charge in [-0.25, -0.2) is 12.2 Å². The van der Waals surface area contributed by atoms with Gasteiger partial charge >= 0.3 is 28.4 Å². The summed E-state index contributed by atoms with van der Waals surface area (Å²) >= 11 is 12.3. The van der Waals surface area contributed by atoms with Gasteiger partial charge in [-0.15, -0.1) is 42.4 Å². The molecule has 0 nitrogen and oxygen atoms in total. The molecule has 0 atom stereocenters. The van der Waals surface area contributed by atoms with E-state index in [-0.39, 0.29) is 35.6 Å². The Morgan fingerprint density at radius 3 is 1.68 bits per heavy atom. The number of rotatable bonds is 0. The quantitative estimate of drug-likeness (QED) is 0.139. The molecule has 0 N–H and O–H groups in total. The second-order valence-electron chi connectivity index (χ2n) is 11.8. The second-order valence-corrected chi connectivity index (χ2v) is 12.6. The van der Waals surface area contributed by atoms with E-state index in [9.17, 15) is 0 Å². The molecule has 0 fully saturated rings. The van der Waals surface area contributed by atoms with Crippen molar-refractivity contribution in [3.8, 4) is 11.1 Å². The standard InChI is InChI=1S/C21H25.2C6H4Cl.C5H5.CH2.2ClH.Zr/c1-20(2,3)16-7-9-18-14(12-16)11-15-13-17(21(4,5)6)8-10-19(15)18;2*7-6-4-2-1-3-5-6;1-2-4-5-3-1;;;;/h7-10,12H,11H2,1-6H3;2*1-2,4-5H;1-3H,4H2;1H2;2*1H;/q4*-1;;;;. The molecule has 0 radical (unpaired) electrons. The van der Waals surface area contributed by atoms with Gasteiger partial charge < -0.3 is 0 Å². The third-order valence-corrected chi connectivity index (χ3v) is 6.86. The van der Waals surface area contributed by atoms with Crippen LogP contribution in [0.5, 0.6) is 0 Å². The Morgan fingerprint density at radius 2 is 1.32 bits per heavy atom. The van der Waals surface area contributed by atoms with E-state index >= 15 is 0 Å². The number of hydrogen-bond acceptors (Lipinski definition) is 0. The predicted octanol–water partition coefficient (Wildman–Crippen LogP) is 12.0. The van der Waals surface area contributed by atoms with Crippen LogP contribution in [0.1, 0.15) is 70.2 Å². The monoisotopic (exact) mass is 740 g/mol. The van der Waals surface area contributed by atoms with Crippen LogP contribution in [0.2, 0.25) is 10.0 Å². The van der Waals surface area contributed by atoms with Crippen LogP contribution in [0.25, 0.3) is 11.1 Å². The zero-order valence-electron chi connectivity index (χ0n) is 26.4. The Kier molecular flexibility index (Phi) is 20.3. The first-order valence-corrected chi connectivity index (χ1v) is 16.4. The topological polar surface area (TPSA) is 0 Å². The Bertz CT molecular complexity index is 1320. The summed E-state index contributed by atoms with van der Waals surface area (Å²) in [6.45, 7) is 13.6. The zero-order chi connectivity index (χ0) is 31.2. The number of halogens is 4. The minimum absolute atomic E-state index is 0. The fourth-order valence-corrected chi connectivity index (χ4v) is 4.38. The van der Waals surface area contributed by atoms with Crippen molar-refractivity contribution >= 4 is 52.2 Å². The van der Waals surface area contributed by atoms with Gasteiger partial charge in [0, 0.05) is 0 Å². The molecule has 0 spiro atoms. The van der Waals surface area contributed by atoms with E-state index in [1.807, 2.05) is 48.6 Å². The third kappa shape index (κ3) is 14.6. The summed E-state index contributed by atoms with van der Waals surface area (Å²) in [6.07, 6.45) is 11.0. The maximum atomic E-state index is 5.51. The van der Waals surface area contributed by atoms with E-state index in [1.165, 1.54) is 57.6 Å². The molecule has 4 aromatic carbocycles. The van der Waals surface area contributed by atoms with Crippen LogP contribution in [-0.4, -0.2) is 4.21 Å². The van der Waals surface area contributed by atoms with Crippen molar-refractivity contribution in [1.82, 2.24) is 0 Å². The Balaban J connectivity index is 0.000000658. The zero-order valence-corrected chi connectivity index (χ0v) is 32.0. The molecule has 2 aliphatic carbocycles. The molecule has 0 saturated carbocycles. The molecule has 0 heterocycles. The van der Waals surface area contributed by atoms with E-state index in [2.05, 4.69) is 106 Å². The molecular formula is C39H42Cl4Zr-4. The SMILES string of the molecule is CC(C)(C)c1[c-]c2c(cc1)-c1ccc(C(C)(C)C)cc1C2.Cl.Cl.Clc1c[c-]ccc1.Clc1c[c-]ccc1.[C-]1=CC=CC1.[CH2]=[Zr]. The third-order valence-electron chi connectivity index (χ3n) is 6.39. The summed E-state index contributed by atoms with van der Waals surface area (Å²) < 4.78 is 3.34. The fraction of sp³-hybridized carbons (Fsp3) is 0.256. The molecule has 44 heavy (non-hydrogen) atoms.